The highest BCUT2D eigenvalue weighted by Crippen LogP contribution is 2.43. The van der Waals surface area contributed by atoms with Gasteiger partial charge in [0.15, 0.2) is 0 Å². The Kier molecular flexibility index (Phi) is 3.68. The van der Waals surface area contributed by atoms with Crippen molar-refractivity contribution in [3.05, 3.63) is 45.6 Å². The highest BCUT2D eigenvalue weighted by Gasteiger charge is 2.30. The van der Waals surface area contributed by atoms with E-state index in [1.165, 1.54) is 16.0 Å². The van der Waals surface area contributed by atoms with Crippen LogP contribution in [0.3, 0.4) is 0 Å². The molecule has 2 atom stereocenters. The molecule has 1 aromatic carbocycles. The normalized spacial score (nSPS) is 21.1. The highest BCUT2D eigenvalue weighted by molar-refractivity contribution is 7.10. The van der Waals surface area contributed by atoms with Crippen molar-refractivity contribution < 1.29 is 9.47 Å². The standard InChI is InChI=1S/C16H19NO2S/c1-10-6-7-20-16(10)15-9-13(17-2)12-5-4-11(18-3)8-14(12)19-15/h4-8,13,15,17H,9H2,1-3H3. The van der Waals surface area contributed by atoms with Gasteiger partial charge in [-0.05, 0) is 37.0 Å². The number of thiophene rings is 1. The van der Waals surface area contributed by atoms with E-state index in [1.807, 2.05) is 19.2 Å². The fourth-order valence-corrected chi connectivity index (χ4v) is 3.69. The van der Waals surface area contributed by atoms with Gasteiger partial charge >= 0.3 is 0 Å². The van der Waals surface area contributed by atoms with Crippen LogP contribution in [0.2, 0.25) is 0 Å². The fraction of sp³-hybridized carbons (Fsp3) is 0.375. The summed E-state index contributed by atoms with van der Waals surface area (Å²) in [6.07, 6.45) is 1.07. The topological polar surface area (TPSA) is 30.5 Å². The lowest BCUT2D eigenvalue weighted by Crippen LogP contribution is -2.26. The Hall–Kier alpha value is -1.52. The minimum absolute atomic E-state index is 0.118. The van der Waals surface area contributed by atoms with Crippen molar-refractivity contribution in [2.24, 2.45) is 0 Å². The van der Waals surface area contributed by atoms with E-state index in [-0.39, 0.29) is 6.10 Å². The predicted molar refractivity (Wildman–Crippen MR) is 81.8 cm³/mol. The molecule has 0 amide bonds. The molecule has 1 aromatic heterocycles. The molecule has 0 saturated heterocycles. The molecule has 0 bridgehead atoms. The Labute approximate surface area is 123 Å². The van der Waals surface area contributed by atoms with E-state index in [1.54, 1.807) is 18.4 Å². The average molecular weight is 289 g/mol. The monoisotopic (exact) mass is 289 g/mol. The van der Waals surface area contributed by atoms with Gasteiger partial charge in [-0.1, -0.05) is 6.07 Å². The van der Waals surface area contributed by atoms with Crippen LogP contribution in [0.15, 0.2) is 29.6 Å². The van der Waals surface area contributed by atoms with Crippen molar-refractivity contribution in [3.8, 4) is 11.5 Å². The van der Waals surface area contributed by atoms with Gasteiger partial charge in [-0.15, -0.1) is 11.3 Å². The number of ether oxygens (including phenoxy) is 2. The number of aryl methyl sites for hydroxylation is 1. The Bertz CT molecular complexity index is 608. The SMILES string of the molecule is CNC1CC(c2sccc2C)Oc2cc(OC)ccc21. The first kappa shape index (κ1) is 13.5. The third kappa shape index (κ3) is 2.30. The summed E-state index contributed by atoms with van der Waals surface area (Å²) in [5.41, 5.74) is 2.51. The van der Waals surface area contributed by atoms with Gasteiger partial charge in [0, 0.05) is 29.0 Å². The van der Waals surface area contributed by atoms with Crippen LogP contribution in [-0.4, -0.2) is 14.2 Å². The van der Waals surface area contributed by atoms with Gasteiger partial charge in [0.2, 0.25) is 0 Å². The number of methoxy groups -OCH3 is 1. The Balaban J connectivity index is 1.98. The first-order chi connectivity index (χ1) is 9.72. The first-order valence-corrected chi connectivity index (χ1v) is 7.66. The summed E-state index contributed by atoms with van der Waals surface area (Å²) >= 11 is 1.77. The predicted octanol–water partition coefficient (Wildman–Crippen LogP) is 3.85. The first-order valence-electron chi connectivity index (χ1n) is 6.78. The van der Waals surface area contributed by atoms with Gasteiger partial charge in [0.05, 0.1) is 7.11 Å². The summed E-state index contributed by atoms with van der Waals surface area (Å²) in [6, 6.07) is 8.53. The second-order valence-corrected chi connectivity index (χ2v) is 6.00. The zero-order chi connectivity index (χ0) is 14.1. The zero-order valence-corrected chi connectivity index (χ0v) is 12.8. The van der Waals surface area contributed by atoms with E-state index in [0.717, 1.165) is 17.9 Å². The smallest absolute Gasteiger partial charge is 0.135 e. The van der Waals surface area contributed by atoms with Crippen molar-refractivity contribution in [2.45, 2.75) is 25.5 Å². The number of hydrogen-bond acceptors (Lipinski definition) is 4. The summed E-state index contributed by atoms with van der Waals surface area (Å²) in [4.78, 5) is 1.32. The second kappa shape index (κ2) is 5.46. The van der Waals surface area contributed by atoms with E-state index in [2.05, 4.69) is 29.8 Å². The zero-order valence-electron chi connectivity index (χ0n) is 12.0. The largest absolute Gasteiger partial charge is 0.497 e. The van der Waals surface area contributed by atoms with Crippen LogP contribution < -0.4 is 14.8 Å². The van der Waals surface area contributed by atoms with Crippen LogP contribution in [-0.2, 0) is 0 Å². The van der Waals surface area contributed by atoms with Crippen molar-refractivity contribution in [1.82, 2.24) is 5.32 Å². The number of rotatable bonds is 3. The summed E-state index contributed by atoms with van der Waals surface area (Å²) in [6.45, 7) is 2.14. The molecule has 1 aliphatic heterocycles. The van der Waals surface area contributed by atoms with Gasteiger partial charge in [0.25, 0.3) is 0 Å². The molecule has 0 radical (unpaired) electrons. The molecule has 0 fully saturated rings. The quantitative estimate of drug-likeness (QED) is 0.931. The molecule has 2 aromatic rings. The Morgan fingerprint density at radius 2 is 2.20 bits per heavy atom. The molecular formula is C16H19NO2S. The molecule has 106 valence electrons. The summed E-state index contributed by atoms with van der Waals surface area (Å²) in [5, 5.41) is 5.52. The van der Waals surface area contributed by atoms with E-state index in [9.17, 15) is 0 Å². The van der Waals surface area contributed by atoms with E-state index < -0.39 is 0 Å². The summed E-state index contributed by atoms with van der Waals surface area (Å²) in [7, 11) is 3.68. The lowest BCUT2D eigenvalue weighted by atomic mass is 9.95. The van der Waals surface area contributed by atoms with Crippen LogP contribution in [0, 0.1) is 6.92 Å². The van der Waals surface area contributed by atoms with Gasteiger partial charge < -0.3 is 14.8 Å². The van der Waals surface area contributed by atoms with Crippen molar-refractivity contribution >= 4 is 11.3 Å². The van der Waals surface area contributed by atoms with E-state index in [0.29, 0.717) is 6.04 Å². The minimum Gasteiger partial charge on any atom is -0.497 e. The number of nitrogens with one attached hydrogen (secondary N) is 1. The van der Waals surface area contributed by atoms with Crippen LogP contribution in [0.4, 0.5) is 0 Å². The van der Waals surface area contributed by atoms with Crippen molar-refractivity contribution in [3.63, 3.8) is 0 Å². The fourth-order valence-electron chi connectivity index (χ4n) is 2.72. The van der Waals surface area contributed by atoms with Crippen molar-refractivity contribution in [2.75, 3.05) is 14.2 Å². The minimum atomic E-state index is 0.118. The molecule has 0 aliphatic carbocycles. The third-order valence-corrected chi connectivity index (χ3v) is 4.97. The van der Waals surface area contributed by atoms with Crippen LogP contribution in [0.25, 0.3) is 0 Å². The maximum atomic E-state index is 6.22. The molecule has 3 nitrogen and oxygen atoms in total. The van der Waals surface area contributed by atoms with Crippen molar-refractivity contribution in [1.29, 1.82) is 0 Å². The van der Waals surface area contributed by atoms with Gasteiger partial charge in [-0.2, -0.15) is 0 Å². The molecule has 0 spiro atoms. The lowest BCUT2D eigenvalue weighted by molar-refractivity contribution is 0.156. The molecule has 1 N–H and O–H groups in total. The van der Waals surface area contributed by atoms with Gasteiger partial charge in [-0.25, -0.2) is 0 Å². The average Bonchev–Trinajstić information content (AvgIpc) is 2.91. The second-order valence-electron chi connectivity index (χ2n) is 5.06. The van der Waals surface area contributed by atoms with Crippen LogP contribution >= 0.6 is 11.3 Å². The number of fused-ring (bicyclic) bond motifs is 1. The Morgan fingerprint density at radius 3 is 2.85 bits per heavy atom. The molecule has 20 heavy (non-hydrogen) atoms. The highest BCUT2D eigenvalue weighted by atomic mass is 32.1. The Morgan fingerprint density at radius 1 is 1.35 bits per heavy atom. The molecule has 2 heterocycles. The van der Waals surface area contributed by atoms with Crippen LogP contribution in [0.1, 0.15) is 34.6 Å². The third-order valence-electron chi connectivity index (χ3n) is 3.86. The summed E-state index contributed by atoms with van der Waals surface area (Å²) in [5.74, 6) is 1.76. The maximum Gasteiger partial charge on any atom is 0.135 e. The number of hydrogen-bond donors (Lipinski definition) is 1. The molecule has 3 rings (SSSR count). The van der Waals surface area contributed by atoms with Crippen LogP contribution in [0.5, 0.6) is 11.5 Å². The maximum absolute atomic E-state index is 6.22. The van der Waals surface area contributed by atoms with E-state index in [4.69, 9.17) is 9.47 Å². The molecular weight excluding hydrogens is 270 g/mol. The molecule has 2 unspecified atom stereocenters. The summed E-state index contributed by atoms with van der Waals surface area (Å²) < 4.78 is 11.5. The molecule has 4 heteroatoms. The van der Waals surface area contributed by atoms with Gasteiger partial charge in [0.1, 0.15) is 17.6 Å². The number of benzene rings is 1. The van der Waals surface area contributed by atoms with E-state index >= 15 is 0 Å². The van der Waals surface area contributed by atoms with Gasteiger partial charge in [-0.3, -0.25) is 0 Å². The molecule has 1 aliphatic rings. The molecule has 0 saturated carbocycles. The lowest BCUT2D eigenvalue weighted by Gasteiger charge is -2.32.